The predicted molar refractivity (Wildman–Crippen MR) is 142 cm³/mol. The molecule has 0 bridgehead atoms. The van der Waals surface area contributed by atoms with Crippen LogP contribution in [0.2, 0.25) is 0 Å². The van der Waals surface area contributed by atoms with Crippen molar-refractivity contribution >= 4 is 15.8 Å². The number of esters is 1. The summed E-state index contributed by atoms with van der Waals surface area (Å²) in [5, 5.41) is -0.705. The van der Waals surface area contributed by atoms with Crippen molar-refractivity contribution < 1.29 is 22.7 Å². The van der Waals surface area contributed by atoms with E-state index < -0.39 is 15.1 Å². The van der Waals surface area contributed by atoms with Crippen molar-refractivity contribution in [3.8, 4) is 0 Å². The summed E-state index contributed by atoms with van der Waals surface area (Å²) >= 11 is 0. The average molecular weight is 527 g/mol. The molecule has 37 heavy (non-hydrogen) atoms. The van der Waals surface area contributed by atoms with E-state index in [1.165, 1.54) is 26.4 Å². The molecule has 4 saturated carbocycles. The molecule has 1 spiro atoms. The lowest BCUT2D eigenvalue weighted by Gasteiger charge is -2.60. The lowest BCUT2D eigenvalue weighted by molar-refractivity contribution is -0.153. The molecular weight excluding hydrogens is 484 g/mol. The Balaban J connectivity index is 1.34. The third kappa shape index (κ3) is 3.43. The van der Waals surface area contributed by atoms with Crippen LogP contribution in [0.25, 0.3) is 0 Å². The summed E-state index contributed by atoms with van der Waals surface area (Å²) in [7, 11) is -0.378. The van der Waals surface area contributed by atoms with Crippen LogP contribution >= 0.6 is 0 Å². The molecule has 5 nitrogen and oxygen atoms in total. The van der Waals surface area contributed by atoms with E-state index in [1.54, 1.807) is 24.3 Å². The van der Waals surface area contributed by atoms with E-state index >= 15 is 0 Å². The number of benzene rings is 1. The maximum absolute atomic E-state index is 14.1. The summed E-state index contributed by atoms with van der Waals surface area (Å²) in [5.41, 5.74) is 1.58. The van der Waals surface area contributed by atoms with Crippen LogP contribution in [0.4, 0.5) is 0 Å². The molecule has 0 N–H and O–H groups in total. The van der Waals surface area contributed by atoms with Crippen LogP contribution in [-0.4, -0.2) is 40.0 Å². The minimum Gasteiger partial charge on any atom is -0.469 e. The van der Waals surface area contributed by atoms with E-state index in [1.807, 2.05) is 13.2 Å². The summed E-state index contributed by atoms with van der Waals surface area (Å²) in [6.45, 7) is 4.88. The molecule has 0 unspecified atom stereocenters. The van der Waals surface area contributed by atoms with Gasteiger partial charge >= 0.3 is 5.97 Å². The molecule has 0 aromatic heterocycles. The SMILES string of the molecule is COC(=O)CC[C@@H](C1=CC[C@H]2[C@@H]3C[C@@H](OC)[C@]45C[C@H]4CC[C@]5(C)[C@H]3CC[C@]12C)S(=O)(=O)c1ccccc1. The molecule has 1 aromatic rings. The first kappa shape index (κ1) is 25.6. The highest BCUT2D eigenvalue weighted by Gasteiger charge is 2.77. The Hall–Kier alpha value is -1.66. The number of sulfone groups is 1. The first-order valence-electron chi connectivity index (χ1n) is 14.2. The fourth-order valence-electron chi connectivity index (χ4n) is 10.3. The third-order valence-electron chi connectivity index (χ3n) is 12.1. The molecule has 0 amide bonds. The smallest absolute Gasteiger partial charge is 0.305 e. The van der Waals surface area contributed by atoms with Gasteiger partial charge in [0.2, 0.25) is 0 Å². The molecular formula is C31H42O5S. The number of carbonyl (C=O) groups is 1. The van der Waals surface area contributed by atoms with Crippen LogP contribution in [-0.2, 0) is 24.1 Å². The van der Waals surface area contributed by atoms with E-state index in [4.69, 9.17) is 9.47 Å². The van der Waals surface area contributed by atoms with Gasteiger partial charge in [-0.1, -0.05) is 38.1 Å². The Labute approximate surface area is 222 Å². The van der Waals surface area contributed by atoms with Gasteiger partial charge in [-0.2, -0.15) is 0 Å². The molecule has 202 valence electrons. The molecule has 0 saturated heterocycles. The van der Waals surface area contributed by atoms with Gasteiger partial charge < -0.3 is 9.47 Å². The van der Waals surface area contributed by atoms with Crippen molar-refractivity contribution in [3.63, 3.8) is 0 Å². The quantitative estimate of drug-likeness (QED) is 0.323. The highest BCUT2D eigenvalue weighted by Crippen LogP contribution is 2.82. The van der Waals surface area contributed by atoms with Gasteiger partial charge in [-0.3, -0.25) is 4.79 Å². The largest absolute Gasteiger partial charge is 0.469 e. The molecule has 5 aliphatic rings. The Morgan fingerprint density at radius 3 is 2.51 bits per heavy atom. The van der Waals surface area contributed by atoms with Crippen LogP contribution in [0, 0.1) is 39.9 Å². The summed E-state index contributed by atoms with van der Waals surface area (Å²) in [6, 6.07) is 8.76. The molecule has 0 radical (unpaired) electrons. The monoisotopic (exact) mass is 526 g/mol. The highest BCUT2D eigenvalue weighted by molar-refractivity contribution is 7.92. The number of fused-ring (bicyclic) bond motifs is 4. The number of rotatable bonds is 7. The Morgan fingerprint density at radius 1 is 1.08 bits per heavy atom. The van der Waals surface area contributed by atoms with Crippen molar-refractivity contribution in [1.29, 1.82) is 0 Å². The molecule has 4 fully saturated rings. The van der Waals surface area contributed by atoms with E-state index in [0.717, 1.165) is 37.2 Å². The normalized spacial score (nSPS) is 42.6. The molecule has 5 aliphatic carbocycles. The van der Waals surface area contributed by atoms with Crippen molar-refractivity contribution in [1.82, 2.24) is 0 Å². The summed E-state index contributed by atoms with van der Waals surface area (Å²) in [5.74, 6) is 2.15. The lowest BCUT2D eigenvalue weighted by atomic mass is 9.45. The second-order valence-electron chi connectivity index (χ2n) is 13.0. The minimum atomic E-state index is -3.65. The summed E-state index contributed by atoms with van der Waals surface area (Å²) < 4.78 is 39.3. The number of hydrogen-bond acceptors (Lipinski definition) is 5. The zero-order chi connectivity index (χ0) is 26.2. The third-order valence-corrected chi connectivity index (χ3v) is 14.3. The van der Waals surface area contributed by atoms with E-state index in [-0.39, 0.29) is 24.2 Å². The van der Waals surface area contributed by atoms with E-state index in [9.17, 15) is 13.2 Å². The lowest BCUT2D eigenvalue weighted by Crippen LogP contribution is -2.57. The minimum absolute atomic E-state index is 0.102. The average Bonchev–Trinajstić information content (AvgIpc) is 3.42. The molecule has 9 atom stereocenters. The van der Waals surface area contributed by atoms with Gasteiger partial charge in [0.1, 0.15) is 0 Å². The number of carbonyl (C=O) groups excluding carboxylic acids is 1. The molecule has 1 aromatic carbocycles. The maximum atomic E-state index is 14.1. The number of methoxy groups -OCH3 is 2. The van der Waals surface area contributed by atoms with Gasteiger partial charge in [0, 0.05) is 18.9 Å². The van der Waals surface area contributed by atoms with Crippen molar-refractivity contribution in [2.24, 2.45) is 39.9 Å². The maximum Gasteiger partial charge on any atom is 0.305 e. The van der Waals surface area contributed by atoms with Gasteiger partial charge in [0.15, 0.2) is 9.84 Å². The number of ether oxygens (including phenoxy) is 2. The summed E-state index contributed by atoms with van der Waals surface area (Å²) in [6.07, 6.45) is 11.1. The summed E-state index contributed by atoms with van der Waals surface area (Å²) in [4.78, 5) is 12.5. The first-order chi connectivity index (χ1) is 17.6. The standard InChI is InChI=1S/C31H42O5S/c1-29-16-15-24-22(18-27(35-3)31-19-20(31)14-17-30(24,31)2)23(29)10-11-25(29)26(12-13-28(32)36-4)37(33,34)21-8-6-5-7-9-21/h5-9,11,20,22-24,26-27H,10,12-19H2,1-4H3/t20-,22+,23+,24+,26+,27-,29+,30-,31+/m1/s1. The van der Waals surface area contributed by atoms with Crippen molar-refractivity contribution in [2.45, 2.75) is 87.9 Å². The fourth-order valence-corrected chi connectivity index (χ4v) is 12.3. The zero-order valence-corrected chi connectivity index (χ0v) is 23.6. The second kappa shape index (κ2) is 8.67. The topological polar surface area (TPSA) is 69.7 Å². The Morgan fingerprint density at radius 2 is 1.84 bits per heavy atom. The van der Waals surface area contributed by atoms with Gasteiger partial charge in [0.05, 0.1) is 23.4 Å². The molecule has 6 heteroatoms. The van der Waals surface area contributed by atoms with E-state index in [2.05, 4.69) is 19.9 Å². The Kier molecular flexibility index (Phi) is 6.00. The van der Waals surface area contributed by atoms with Crippen LogP contribution in [0.3, 0.4) is 0 Å². The zero-order valence-electron chi connectivity index (χ0n) is 22.7. The molecule has 0 heterocycles. The predicted octanol–water partition coefficient (Wildman–Crippen LogP) is 5.99. The van der Waals surface area contributed by atoms with Crippen molar-refractivity contribution in [3.05, 3.63) is 42.0 Å². The van der Waals surface area contributed by atoms with Gasteiger partial charge in [-0.15, -0.1) is 0 Å². The second-order valence-corrected chi connectivity index (χ2v) is 15.2. The van der Waals surface area contributed by atoms with Crippen LogP contribution in [0.5, 0.6) is 0 Å². The fraction of sp³-hybridized carbons (Fsp3) is 0.710. The first-order valence-corrected chi connectivity index (χ1v) is 15.8. The van der Waals surface area contributed by atoms with E-state index in [0.29, 0.717) is 39.6 Å². The number of hydrogen-bond donors (Lipinski definition) is 0. The Bertz CT molecular complexity index is 1210. The van der Waals surface area contributed by atoms with Gasteiger partial charge in [-0.25, -0.2) is 8.42 Å². The highest BCUT2D eigenvalue weighted by atomic mass is 32.2. The van der Waals surface area contributed by atoms with Crippen LogP contribution in [0.1, 0.15) is 71.6 Å². The van der Waals surface area contributed by atoms with Crippen LogP contribution in [0.15, 0.2) is 46.9 Å². The molecule has 0 aliphatic heterocycles. The number of allylic oxidation sites excluding steroid dienone is 1. The van der Waals surface area contributed by atoms with Gasteiger partial charge in [0.25, 0.3) is 0 Å². The van der Waals surface area contributed by atoms with Crippen LogP contribution < -0.4 is 0 Å². The van der Waals surface area contributed by atoms with Crippen molar-refractivity contribution in [2.75, 3.05) is 14.2 Å². The molecule has 6 rings (SSSR count). The van der Waals surface area contributed by atoms with Gasteiger partial charge in [-0.05, 0) is 104 Å².